The molecule has 1 heterocycles. The molecule has 0 spiro atoms. The number of nitrogens with zero attached hydrogens (tertiary/aromatic N) is 1. The van der Waals surface area contributed by atoms with Crippen LogP contribution in [0.2, 0.25) is 0 Å². The van der Waals surface area contributed by atoms with E-state index in [0.29, 0.717) is 29.2 Å². The SMILES string of the molecule is CCCC1(C)CCCN(C(=O)C2CC3CCCC(C2)C3N)C1.Cl. The predicted molar refractivity (Wildman–Crippen MR) is 97.6 cm³/mol. The zero-order valence-corrected chi connectivity index (χ0v) is 15.7. The molecule has 134 valence electrons. The molecule has 3 fully saturated rings. The van der Waals surface area contributed by atoms with Crippen molar-refractivity contribution < 1.29 is 4.79 Å². The monoisotopic (exact) mass is 342 g/mol. The number of hydrogen-bond acceptors (Lipinski definition) is 2. The minimum Gasteiger partial charge on any atom is -0.342 e. The second-order valence-corrected chi connectivity index (χ2v) is 8.62. The van der Waals surface area contributed by atoms with Gasteiger partial charge in [0.2, 0.25) is 5.91 Å². The summed E-state index contributed by atoms with van der Waals surface area (Å²) in [7, 11) is 0. The normalized spacial score (nSPS) is 40.4. The third-order valence-electron chi connectivity index (χ3n) is 6.71. The molecule has 0 radical (unpaired) electrons. The van der Waals surface area contributed by atoms with Gasteiger partial charge >= 0.3 is 0 Å². The predicted octanol–water partition coefficient (Wildman–Crippen LogP) is 3.99. The molecule has 0 aromatic carbocycles. The lowest BCUT2D eigenvalue weighted by atomic mass is 9.64. The van der Waals surface area contributed by atoms with Gasteiger partial charge in [0.1, 0.15) is 0 Å². The Morgan fingerprint density at radius 3 is 2.48 bits per heavy atom. The van der Waals surface area contributed by atoms with Gasteiger partial charge in [-0.25, -0.2) is 0 Å². The van der Waals surface area contributed by atoms with Crippen molar-refractivity contribution in [2.24, 2.45) is 28.9 Å². The molecule has 23 heavy (non-hydrogen) atoms. The topological polar surface area (TPSA) is 46.3 Å². The van der Waals surface area contributed by atoms with Gasteiger partial charge in [-0.15, -0.1) is 12.4 Å². The van der Waals surface area contributed by atoms with Gasteiger partial charge in [-0.3, -0.25) is 4.79 Å². The summed E-state index contributed by atoms with van der Waals surface area (Å²) < 4.78 is 0. The fourth-order valence-corrected chi connectivity index (χ4v) is 5.56. The van der Waals surface area contributed by atoms with E-state index in [4.69, 9.17) is 5.73 Å². The summed E-state index contributed by atoms with van der Waals surface area (Å²) in [6.07, 6.45) is 10.9. The number of nitrogens with two attached hydrogens (primary N) is 1. The minimum absolute atomic E-state index is 0. The number of piperidine rings is 1. The quantitative estimate of drug-likeness (QED) is 0.842. The molecule has 1 saturated heterocycles. The van der Waals surface area contributed by atoms with Crippen LogP contribution in [0.1, 0.15) is 71.6 Å². The Hall–Kier alpha value is -0.280. The molecule has 1 amide bonds. The molecule has 1 aliphatic heterocycles. The van der Waals surface area contributed by atoms with E-state index in [1.54, 1.807) is 0 Å². The van der Waals surface area contributed by atoms with Crippen molar-refractivity contribution in [2.75, 3.05) is 13.1 Å². The third-order valence-corrected chi connectivity index (χ3v) is 6.71. The van der Waals surface area contributed by atoms with E-state index < -0.39 is 0 Å². The van der Waals surface area contributed by atoms with E-state index in [9.17, 15) is 4.79 Å². The Labute approximate surface area is 148 Å². The van der Waals surface area contributed by atoms with Gasteiger partial charge in [0.15, 0.2) is 0 Å². The summed E-state index contributed by atoms with van der Waals surface area (Å²) in [4.78, 5) is 15.3. The minimum atomic E-state index is 0. The van der Waals surface area contributed by atoms with Crippen molar-refractivity contribution in [3.8, 4) is 0 Å². The molecule has 3 atom stereocenters. The number of carbonyl (C=O) groups excluding carboxylic acids is 1. The molecule has 0 aromatic heterocycles. The first-order valence-electron chi connectivity index (χ1n) is 9.57. The number of hydrogen-bond donors (Lipinski definition) is 1. The Bertz CT molecular complexity index is 398. The smallest absolute Gasteiger partial charge is 0.225 e. The summed E-state index contributed by atoms with van der Waals surface area (Å²) in [5.74, 6) is 1.92. The molecule has 3 unspecified atom stereocenters. The van der Waals surface area contributed by atoms with Crippen LogP contribution in [-0.2, 0) is 4.79 Å². The number of likely N-dealkylation sites (tertiary alicyclic amines) is 1. The van der Waals surface area contributed by atoms with Crippen molar-refractivity contribution in [3.63, 3.8) is 0 Å². The lowest BCUT2D eigenvalue weighted by Gasteiger charge is -2.46. The molecule has 2 N–H and O–H groups in total. The average molecular weight is 343 g/mol. The maximum Gasteiger partial charge on any atom is 0.225 e. The van der Waals surface area contributed by atoms with E-state index >= 15 is 0 Å². The molecule has 2 saturated carbocycles. The first kappa shape index (κ1) is 19.1. The molecule has 2 aliphatic carbocycles. The first-order valence-corrected chi connectivity index (χ1v) is 9.57. The lowest BCUT2D eigenvalue weighted by molar-refractivity contribution is -0.142. The summed E-state index contributed by atoms with van der Waals surface area (Å²) >= 11 is 0. The van der Waals surface area contributed by atoms with Crippen LogP contribution in [0.3, 0.4) is 0 Å². The lowest BCUT2D eigenvalue weighted by Crippen LogP contribution is -2.52. The summed E-state index contributed by atoms with van der Waals surface area (Å²) in [5.41, 5.74) is 6.73. The van der Waals surface area contributed by atoms with E-state index in [0.717, 1.165) is 25.9 Å². The van der Waals surface area contributed by atoms with E-state index in [1.807, 2.05) is 0 Å². The Morgan fingerprint density at radius 1 is 1.22 bits per heavy atom. The number of carbonyl (C=O) groups is 1. The molecule has 3 rings (SSSR count). The summed E-state index contributed by atoms with van der Waals surface area (Å²) in [5, 5.41) is 0. The Morgan fingerprint density at radius 2 is 1.87 bits per heavy atom. The van der Waals surface area contributed by atoms with Crippen LogP contribution in [0, 0.1) is 23.2 Å². The van der Waals surface area contributed by atoms with Gasteiger partial charge in [0, 0.05) is 25.0 Å². The van der Waals surface area contributed by atoms with Crippen LogP contribution in [0.25, 0.3) is 0 Å². The van der Waals surface area contributed by atoms with Crippen molar-refractivity contribution >= 4 is 18.3 Å². The summed E-state index contributed by atoms with van der Waals surface area (Å²) in [6.45, 7) is 6.60. The molecule has 0 aromatic rings. The van der Waals surface area contributed by atoms with Gasteiger partial charge < -0.3 is 10.6 Å². The van der Waals surface area contributed by atoms with E-state index in [2.05, 4.69) is 18.7 Å². The van der Waals surface area contributed by atoms with Crippen LogP contribution >= 0.6 is 12.4 Å². The standard InChI is InChI=1S/C19H34N2O.ClH/c1-3-8-19(2)9-5-10-21(13-19)18(22)16-11-14-6-4-7-15(12-16)17(14)20;/h14-17H,3-13,20H2,1-2H3;1H. The maximum absolute atomic E-state index is 13.1. The molecule has 3 nitrogen and oxygen atoms in total. The van der Waals surface area contributed by atoms with Gasteiger partial charge in [-0.05, 0) is 62.2 Å². The Kier molecular flexibility index (Phi) is 6.41. The number of fused-ring (bicyclic) bond motifs is 2. The fourth-order valence-electron chi connectivity index (χ4n) is 5.56. The number of halogens is 1. The second-order valence-electron chi connectivity index (χ2n) is 8.62. The van der Waals surface area contributed by atoms with Crippen LogP contribution in [-0.4, -0.2) is 29.9 Å². The van der Waals surface area contributed by atoms with Crippen molar-refractivity contribution in [3.05, 3.63) is 0 Å². The fraction of sp³-hybridized carbons (Fsp3) is 0.947. The molecule has 3 aliphatic rings. The van der Waals surface area contributed by atoms with Crippen molar-refractivity contribution in [1.29, 1.82) is 0 Å². The highest BCUT2D eigenvalue weighted by Gasteiger charge is 2.43. The Balaban J connectivity index is 0.00000192. The second kappa shape index (κ2) is 7.74. The van der Waals surface area contributed by atoms with Crippen LogP contribution in [0.4, 0.5) is 0 Å². The van der Waals surface area contributed by atoms with E-state index in [-0.39, 0.29) is 18.3 Å². The number of rotatable bonds is 3. The van der Waals surface area contributed by atoms with Crippen molar-refractivity contribution in [2.45, 2.75) is 77.7 Å². The highest BCUT2D eigenvalue weighted by atomic mass is 35.5. The summed E-state index contributed by atoms with van der Waals surface area (Å²) in [6, 6.07) is 0.365. The first-order chi connectivity index (χ1) is 10.5. The maximum atomic E-state index is 13.1. The average Bonchev–Trinajstić information content (AvgIpc) is 2.46. The molecule has 4 heteroatoms. The van der Waals surface area contributed by atoms with Gasteiger partial charge in [-0.2, -0.15) is 0 Å². The van der Waals surface area contributed by atoms with Crippen molar-refractivity contribution in [1.82, 2.24) is 4.90 Å². The molecular formula is C19H35ClN2O. The van der Waals surface area contributed by atoms with Crippen LogP contribution < -0.4 is 5.73 Å². The van der Waals surface area contributed by atoms with Gasteiger partial charge in [0.05, 0.1) is 0 Å². The molecular weight excluding hydrogens is 308 g/mol. The number of amides is 1. The third kappa shape index (κ3) is 4.04. The van der Waals surface area contributed by atoms with Crippen LogP contribution in [0.15, 0.2) is 0 Å². The van der Waals surface area contributed by atoms with E-state index in [1.165, 1.54) is 44.9 Å². The van der Waals surface area contributed by atoms with Gasteiger partial charge in [0.25, 0.3) is 0 Å². The van der Waals surface area contributed by atoms with Gasteiger partial charge in [-0.1, -0.05) is 26.7 Å². The zero-order valence-electron chi connectivity index (χ0n) is 14.9. The van der Waals surface area contributed by atoms with Crippen LogP contribution in [0.5, 0.6) is 0 Å². The molecule has 2 bridgehead atoms. The zero-order chi connectivity index (χ0) is 15.7. The highest BCUT2D eigenvalue weighted by Crippen LogP contribution is 2.43. The largest absolute Gasteiger partial charge is 0.342 e. The highest BCUT2D eigenvalue weighted by molar-refractivity contribution is 5.85.